The van der Waals surface area contributed by atoms with Crippen LogP contribution >= 0.6 is 0 Å². The molecule has 4 aliphatic rings. The second-order valence-electron chi connectivity index (χ2n) is 13.7. The molecule has 0 bridgehead atoms. The Morgan fingerprint density at radius 3 is 1.02 bits per heavy atom. The smallest absolute Gasteiger partial charge is 0.261 e. The van der Waals surface area contributed by atoms with Crippen LogP contribution in [0.25, 0.3) is 10.8 Å². The fourth-order valence-electron chi connectivity index (χ4n) is 7.06. The van der Waals surface area contributed by atoms with Crippen molar-refractivity contribution in [2.45, 2.75) is 38.8 Å². The lowest BCUT2D eigenvalue weighted by atomic mass is 9.85. The van der Waals surface area contributed by atoms with Crippen molar-refractivity contribution in [2.75, 3.05) is 79.5 Å². The highest BCUT2D eigenvalue weighted by molar-refractivity contribution is 6.33. The summed E-state index contributed by atoms with van der Waals surface area (Å²) >= 11 is 0. The van der Waals surface area contributed by atoms with E-state index < -0.39 is 11.1 Å². The number of imide groups is 2. The van der Waals surface area contributed by atoms with Crippen LogP contribution in [0.1, 0.15) is 69.1 Å². The summed E-state index contributed by atoms with van der Waals surface area (Å²) in [5, 5.41) is 0.849. The van der Waals surface area contributed by atoms with Gasteiger partial charge in [-0.05, 0) is 66.1 Å². The molecule has 4 amide bonds. The number of carbonyl (C=O) groups excluding carboxylic acids is 4. The van der Waals surface area contributed by atoms with E-state index >= 15 is 0 Å². The van der Waals surface area contributed by atoms with Gasteiger partial charge < -0.3 is 9.80 Å². The fourth-order valence-corrected chi connectivity index (χ4v) is 7.06. The number of benzene rings is 2. The zero-order valence-corrected chi connectivity index (χ0v) is 25.7. The average molecular weight is 575 g/mol. The number of nitrogens with zero attached hydrogens (tertiary/aromatic N) is 6. The van der Waals surface area contributed by atoms with Gasteiger partial charge in [-0.25, -0.2) is 0 Å². The van der Waals surface area contributed by atoms with Gasteiger partial charge in [-0.15, -0.1) is 0 Å². The predicted molar refractivity (Wildman–Crippen MR) is 161 cm³/mol. The molecule has 0 aromatic heterocycles. The zero-order valence-electron chi connectivity index (χ0n) is 25.7. The number of piperazine rings is 2. The minimum Gasteiger partial charge on any atom is -0.304 e. The molecule has 0 radical (unpaired) electrons. The summed E-state index contributed by atoms with van der Waals surface area (Å²) in [6.07, 6.45) is 0. The SMILES string of the molecule is CN1CCN(C(C)(C)CN2C(=O)c3ccc4c5c(ccc(c35)C2=O)C(=O)N(CC(C)(C)N2CCN(C)CC2)C4=O)CC1. The van der Waals surface area contributed by atoms with Gasteiger partial charge in [0.2, 0.25) is 0 Å². The second kappa shape index (κ2) is 10.2. The normalized spacial score (nSPS) is 21.7. The Bertz CT molecular complexity index is 1300. The van der Waals surface area contributed by atoms with Gasteiger partial charge in [0.15, 0.2) is 0 Å². The molecule has 0 atom stereocenters. The van der Waals surface area contributed by atoms with Crippen molar-refractivity contribution in [1.82, 2.24) is 29.4 Å². The van der Waals surface area contributed by atoms with Crippen LogP contribution in [-0.4, -0.2) is 144 Å². The van der Waals surface area contributed by atoms with Gasteiger partial charge in [0.25, 0.3) is 23.6 Å². The second-order valence-corrected chi connectivity index (χ2v) is 13.7. The number of amides is 4. The Balaban J connectivity index is 1.31. The molecule has 0 N–H and O–H groups in total. The molecule has 42 heavy (non-hydrogen) atoms. The molecule has 0 spiro atoms. The Hall–Kier alpha value is -3.18. The van der Waals surface area contributed by atoms with Gasteiger partial charge in [0, 0.05) is 110 Å². The Kier molecular flexibility index (Phi) is 7.04. The third-order valence-electron chi connectivity index (χ3n) is 9.87. The molecule has 6 rings (SSSR count). The van der Waals surface area contributed by atoms with Gasteiger partial charge in [-0.2, -0.15) is 0 Å². The van der Waals surface area contributed by atoms with Crippen LogP contribution < -0.4 is 0 Å². The number of hydrogen-bond acceptors (Lipinski definition) is 8. The summed E-state index contributed by atoms with van der Waals surface area (Å²) in [6.45, 7) is 16.0. The molecule has 10 heteroatoms. The first-order chi connectivity index (χ1) is 19.8. The van der Waals surface area contributed by atoms with E-state index in [0.717, 1.165) is 52.4 Å². The first kappa shape index (κ1) is 28.9. The predicted octanol–water partition coefficient (Wildman–Crippen LogP) is 2.08. The summed E-state index contributed by atoms with van der Waals surface area (Å²) in [5.74, 6) is -1.51. The molecule has 2 aromatic carbocycles. The summed E-state index contributed by atoms with van der Waals surface area (Å²) in [5.41, 5.74) is 0.657. The van der Waals surface area contributed by atoms with Gasteiger partial charge >= 0.3 is 0 Å². The van der Waals surface area contributed by atoms with Gasteiger partial charge in [0.05, 0.1) is 0 Å². The Morgan fingerprint density at radius 2 is 0.762 bits per heavy atom. The summed E-state index contributed by atoms with van der Waals surface area (Å²) in [4.78, 5) is 67.3. The zero-order chi connectivity index (χ0) is 30.1. The molecule has 224 valence electrons. The van der Waals surface area contributed by atoms with Crippen molar-refractivity contribution >= 4 is 34.4 Å². The largest absolute Gasteiger partial charge is 0.304 e. The van der Waals surface area contributed by atoms with Crippen LogP contribution in [0.2, 0.25) is 0 Å². The quantitative estimate of drug-likeness (QED) is 0.485. The van der Waals surface area contributed by atoms with E-state index in [1.165, 1.54) is 9.80 Å². The molecule has 0 saturated carbocycles. The number of carbonyl (C=O) groups is 4. The highest BCUT2D eigenvalue weighted by atomic mass is 16.2. The van der Waals surface area contributed by atoms with Crippen molar-refractivity contribution in [2.24, 2.45) is 0 Å². The topological polar surface area (TPSA) is 87.7 Å². The van der Waals surface area contributed by atoms with Gasteiger partial charge in [-0.3, -0.25) is 38.8 Å². The first-order valence-electron chi connectivity index (χ1n) is 15.0. The molecule has 10 nitrogen and oxygen atoms in total. The van der Waals surface area contributed by atoms with Crippen LogP contribution in [0.4, 0.5) is 0 Å². The third-order valence-corrected chi connectivity index (χ3v) is 9.87. The van der Waals surface area contributed by atoms with Crippen LogP contribution in [-0.2, 0) is 0 Å². The van der Waals surface area contributed by atoms with Crippen molar-refractivity contribution in [3.63, 3.8) is 0 Å². The molecule has 0 aliphatic carbocycles. The van der Waals surface area contributed by atoms with E-state index in [0.29, 0.717) is 33.0 Å². The summed E-state index contributed by atoms with van der Waals surface area (Å²) < 4.78 is 0. The molecule has 0 unspecified atom stereocenters. The standard InChI is InChI=1S/C32H42N6O4/c1-31(2,35-15-11-33(5)12-16-35)19-37-27(39)21-7-9-23-26-24(10-8-22(25(21)26)28(37)40)30(42)38(29(23)41)20-32(3,4)36-17-13-34(6)14-18-36/h7-10H,11-20H2,1-6H3. The van der Waals surface area contributed by atoms with Crippen LogP contribution in [0.3, 0.4) is 0 Å². The number of rotatable bonds is 6. The molecular weight excluding hydrogens is 532 g/mol. The highest BCUT2D eigenvalue weighted by Gasteiger charge is 2.44. The lowest BCUT2D eigenvalue weighted by molar-refractivity contribution is 0.0274. The summed E-state index contributed by atoms with van der Waals surface area (Å²) in [6, 6.07) is 6.64. The fraction of sp³-hybridized carbons (Fsp3) is 0.562. The molecule has 4 heterocycles. The van der Waals surface area contributed by atoms with Crippen molar-refractivity contribution in [3.05, 3.63) is 46.5 Å². The molecule has 2 aromatic rings. The van der Waals surface area contributed by atoms with E-state index in [1.54, 1.807) is 24.3 Å². The Labute approximate surface area is 247 Å². The van der Waals surface area contributed by atoms with E-state index in [9.17, 15) is 19.2 Å². The monoisotopic (exact) mass is 574 g/mol. The maximum Gasteiger partial charge on any atom is 0.261 e. The summed E-state index contributed by atoms with van der Waals surface area (Å²) in [7, 11) is 4.19. The maximum absolute atomic E-state index is 13.9. The minimum atomic E-state index is -0.405. The lowest BCUT2D eigenvalue weighted by Gasteiger charge is -2.46. The number of likely N-dealkylation sites (N-methyl/N-ethyl adjacent to an activating group) is 2. The van der Waals surface area contributed by atoms with Gasteiger partial charge in [0.1, 0.15) is 0 Å². The Morgan fingerprint density at radius 1 is 0.500 bits per heavy atom. The van der Waals surface area contributed by atoms with E-state index in [1.807, 2.05) is 0 Å². The van der Waals surface area contributed by atoms with Crippen molar-refractivity contribution < 1.29 is 19.2 Å². The maximum atomic E-state index is 13.9. The molecule has 2 fully saturated rings. The van der Waals surface area contributed by atoms with E-state index in [4.69, 9.17) is 0 Å². The first-order valence-corrected chi connectivity index (χ1v) is 15.0. The van der Waals surface area contributed by atoms with Crippen LogP contribution in [0.5, 0.6) is 0 Å². The van der Waals surface area contributed by atoms with Gasteiger partial charge in [-0.1, -0.05) is 0 Å². The number of hydrogen-bond donors (Lipinski definition) is 0. The highest BCUT2D eigenvalue weighted by Crippen LogP contribution is 2.39. The van der Waals surface area contributed by atoms with Crippen molar-refractivity contribution in [1.29, 1.82) is 0 Å². The van der Waals surface area contributed by atoms with Crippen molar-refractivity contribution in [3.8, 4) is 0 Å². The van der Waals surface area contributed by atoms with E-state index in [2.05, 4.69) is 61.4 Å². The average Bonchev–Trinajstić information content (AvgIpc) is 2.95. The molecular formula is C32H42N6O4. The van der Waals surface area contributed by atoms with Crippen LogP contribution in [0, 0.1) is 0 Å². The lowest BCUT2D eigenvalue weighted by Crippen LogP contribution is -2.60. The van der Waals surface area contributed by atoms with E-state index in [-0.39, 0.29) is 36.7 Å². The third kappa shape index (κ3) is 4.65. The molecule has 4 aliphatic heterocycles. The minimum absolute atomic E-state index is 0.256. The van der Waals surface area contributed by atoms with Crippen LogP contribution in [0.15, 0.2) is 24.3 Å². The molecule has 2 saturated heterocycles.